The Balaban J connectivity index is 1.46. The Hall–Kier alpha value is -3.60. The van der Waals surface area contributed by atoms with Crippen molar-refractivity contribution < 1.29 is 23.5 Å². The second-order valence-electron chi connectivity index (χ2n) is 6.42. The predicted molar refractivity (Wildman–Crippen MR) is 125 cm³/mol. The van der Waals surface area contributed by atoms with Crippen molar-refractivity contribution in [1.82, 2.24) is 10.7 Å². The molecule has 0 aromatic heterocycles. The van der Waals surface area contributed by atoms with Crippen LogP contribution < -0.4 is 15.5 Å². The summed E-state index contributed by atoms with van der Waals surface area (Å²) < 4.78 is 19.3. The normalized spacial score (nSPS) is 10.6. The zero-order valence-corrected chi connectivity index (χ0v) is 18.7. The number of hydrogen-bond acceptors (Lipinski definition) is 5. The third kappa shape index (κ3) is 6.71. The summed E-state index contributed by atoms with van der Waals surface area (Å²) in [6.45, 7) is -0.320. The van der Waals surface area contributed by atoms with Crippen LogP contribution in [0, 0.1) is 9.39 Å². The number of hydrazone groups is 1. The molecule has 2 N–H and O–H groups in total. The summed E-state index contributed by atoms with van der Waals surface area (Å²) in [6, 6.07) is 18.8. The van der Waals surface area contributed by atoms with E-state index in [1.54, 1.807) is 36.4 Å². The van der Waals surface area contributed by atoms with Crippen molar-refractivity contribution in [3.05, 3.63) is 98.9 Å². The van der Waals surface area contributed by atoms with Crippen LogP contribution in [0.1, 0.15) is 26.3 Å². The van der Waals surface area contributed by atoms with E-state index in [1.165, 1.54) is 24.4 Å². The molecule has 0 heterocycles. The molecule has 32 heavy (non-hydrogen) atoms. The van der Waals surface area contributed by atoms with Crippen molar-refractivity contribution in [2.75, 3.05) is 6.54 Å². The van der Waals surface area contributed by atoms with E-state index < -0.39 is 23.6 Å². The molecular formula is C23H17FIN3O4. The van der Waals surface area contributed by atoms with Crippen LogP contribution in [0.5, 0.6) is 5.75 Å². The topological polar surface area (TPSA) is 96.9 Å². The van der Waals surface area contributed by atoms with Gasteiger partial charge in [0.2, 0.25) is 0 Å². The van der Waals surface area contributed by atoms with Crippen LogP contribution in [0.25, 0.3) is 0 Å². The van der Waals surface area contributed by atoms with E-state index in [0.29, 0.717) is 16.9 Å². The number of carbonyl (C=O) groups excluding carboxylic acids is 3. The van der Waals surface area contributed by atoms with Gasteiger partial charge in [-0.3, -0.25) is 9.59 Å². The molecule has 3 aromatic carbocycles. The Morgan fingerprint density at radius 1 is 1.00 bits per heavy atom. The van der Waals surface area contributed by atoms with Gasteiger partial charge in [-0.2, -0.15) is 5.10 Å². The maximum atomic E-state index is 13.1. The van der Waals surface area contributed by atoms with Gasteiger partial charge in [-0.05, 0) is 82.8 Å². The van der Waals surface area contributed by atoms with Crippen molar-refractivity contribution in [2.24, 2.45) is 5.10 Å². The fourth-order valence-electron chi connectivity index (χ4n) is 2.52. The number of nitrogens with one attached hydrogen (secondary N) is 2. The minimum absolute atomic E-state index is 0.115. The highest BCUT2D eigenvalue weighted by molar-refractivity contribution is 14.1. The van der Waals surface area contributed by atoms with Gasteiger partial charge in [0.1, 0.15) is 11.6 Å². The van der Waals surface area contributed by atoms with Crippen LogP contribution in [0.15, 0.2) is 77.9 Å². The average Bonchev–Trinajstić information content (AvgIpc) is 2.79. The summed E-state index contributed by atoms with van der Waals surface area (Å²) in [7, 11) is 0. The Morgan fingerprint density at radius 2 is 1.75 bits per heavy atom. The summed E-state index contributed by atoms with van der Waals surface area (Å²) in [6.07, 6.45) is 1.40. The first kappa shape index (κ1) is 23.1. The van der Waals surface area contributed by atoms with E-state index in [1.807, 2.05) is 12.1 Å². The first-order valence-electron chi connectivity index (χ1n) is 9.35. The number of hydrogen-bond donors (Lipinski definition) is 2. The smallest absolute Gasteiger partial charge is 0.344 e. The van der Waals surface area contributed by atoms with E-state index in [9.17, 15) is 18.8 Å². The molecule has 162 valence electrons. The lowest BCUT2D eigenvalue weighted by Gasteiger charge is -2.06. The Morgan fingerprint density at radius 3 is 2.47 bits per heavy atom. The summed E-state index contributed by atoms with van der Waals surface area (Å²) in [5.41, 5.74) is 3.53. The van der Waals surface area contributed by atoms with Crippen LogP contribution in [-0.2, 0) is 4.79 Å². The SMILES string of the molecule is O=C(CNC(=O)c1cccc(F)c1)NN=Cc1ccc(OC(=O)c2ccccc2I)cc1. The fourth-order valence-corrected chi connectivity index (χ4v) is 3.13. The highest BCUT2D eigenvalue weighted by Crippen LogP contribution is 2.17. The average molecular weight is 545 g/mol. The van der Waals surface area contributed by atoms with Gasteiger partial charge >= 0.3 is 5.97 Å². The van der Waals surface area contributed by atoms with Gasteiger partial charge in [-0.25, -0.2) is 14.6 Å². The van der Waals surface area contributed by atoms with Gasteiger partial charge in [0.05, 0.1) is 18.3 Å². The molecule has 0 aliphatic rings. The molecule has 0 spiro atoms. The van der Waals surface area contributed by atoms with Crippen LogP contribution in [0.3, 0.4) is 0 Å². The van der Waals surface area contributed by atoms with Crippen molar-refractivity contribution >= 4 is 46.6 Å². The van der Waals surface area contributed by atoms with E-state index in [0.717, 1.165) is 9.64 Å². The number of halogens is 2. The monoisotopic (exact) mass is 545 g/mol. The number of ether oxygens (including phenoxy) is 1. The molecular weight excluding hydrogens is 528 g/mol. The molecule has 0 aliphatic heterocycles. The van der Waals surface area contributed by atoms with Gasteiger partial charge in [-0.1, -0.05) is 18.2 Å². The molecule has 7 nitrogen and oxygen atoms in total. The second-order valence-corrected chi connectivity index (χ2v) is 7.59. The quantitative estimate of drug-likeness (QED) is 0.156. The fraction of sp³-hybridized carbons (Fsp3) is 0.0435. The highest BCUT2D eigenvalue weighted by atomic mass is 127. The minimum Gasteiger partial charge on any atom is -0.423 e. The largest absolute Gasteiger partial charge is 0.423 e. The van der Waals surface area contributed by atoms with Crippen molar-refractivity contribution in [2.45, 2.75) is 0 Å². The van der Waals surface area contributed by atoms with E-state index in [4.69, 9.17) is 4.74 Å². The predicted octanol–water partition coefficient (Wildman–Crippen LogP) is 3.53. The summed E-state index contributed by atoms with van der Waals surface area (Å²) in [5, 5.41) is 6.19. The Kier molecular flexibility index (Phi) is 8.03. The number of benzene rings is 3. The van der Waals surface area contributed by atoms with Crippen molar-refractivity contribution in [3.63, 3.8) is 0 Å². The summed E-state index contributed by atoms with van der Waals surface area (Å²) >= 11 is 2.07. The van der Waals surface area contributed by atoms with Gasteiger partial charge in [0.15, 0.2) is 0 Å². The second kappa shape index (κ2) is 11.1. The molecule has 9 heteroatoms. The molecule has 2 amide bonds. The highest BCUT2D eigenvalue weighted by Gasteiger charge is 2.11. The zero-order valence-electron chi connectivity index (χ0n) is 16.5. The van der Waals surface area contributed by atoms with Gasteiger partial charge < -0.3 is 10.1 Å². The van der Waals surface area contributed by atoms with E-state index in [2.05, 4.69) is 38.4 Å². The van der Waals surface area contributed by atoms with Crippen LogP contribution in [-0.4, -0.2) is 30.5 Å². The third-order valence-electron chi connectivity index (χ3n) is 4.08. The van der Waals surface area contributed by atoms with Gasteiger partial charge in [0.25, 0.3) is 11.8 Å². The molecule has 0 saturated heterocycles. The Labute approximate surface area is 196 Å². The Bertz CT molecular complexity index is 1170. The minimum atomic E-state index is -0.570. The lowest BCUT2D eigenvalue weighted by atomic mass is 10.2. The van der Waals surface area contributed by atoms with Crippen LogP contribution >= 0.6 is 22.6 Å². The van der Waals surface area contributed by atoms with Crippen LogP contribution in [0.2, 0.25) is 0 Å². The van der Waals surface area contributed by atoms with Crippen LogP contribution in [0.4, 0.5) is 4.39 Å². The maximum Gasteiger partial charge on any atom is 0.344 e. The van der Waals surface area contributed by atoms with Crippen molar-refractivity contribution in [1.29, 1.82) is 0 Å². The standard InChI is InChI=1S/C23H17FIN3O4/c24-17-5-3-4-16(12-17)22(30)26-14-21(29)28-27-13-15-8-10-18(11-9-15)32-23(31)19-6-1-2-7-20(19)25/h1-13H,14H2,(H,26,30)(H,28,29). The molecule has 0 fully saturated rings. The van der Waals surface area contributed by atoms with Gasteiger partial charge in [-0.15, -0.1) is 0 Å². The van der Waals surface area contributed by atoms with E-state index in [-0.39, 0.29) is 12.1 Å². The summed E-state index contributed by atoms with van der Waals surface area (Å²) in [5.74, 6) is -1.74. The summed E-state index contributed by atoms with van der Waals surface area (Å²) in [4.78, 5) is 35.9. The molecule has 0 unspecified atom stereocenters. The lowest BCUT2D eigenvalue weighted by molar-refractivity contribution is -0.120. The lowest BCUT2D eigenvalue weighted by Crippen LogP contribution is -2.34. The first-order valence-corrected chi connectivity index (χ1v) is 10.4. The number of carbonyl (C=O) groups is 3. The van der Waals surface area contributed by atoms with Crippen molar-refractivity contribution in [3.8, 4) is 5.75 Å². The maximum absolute atomic E-state index is 13.1. The molecule has 0 bridgehead atoms. The number of amides is 2. The molecule has 0 aliphatic carbocycles. The number of rotatable bonds is 7. The molecule has 0 saturated carbocycles. The molecule has 3 rings (SSSR count). The zero-order chi connectivity index (χ0) is 22.9. The molecule has 3 aromatic rings. The first-order chi connectivity index (χ1) is 15.4. The molecule has 0 radical (unpaired) electrons. The molecule has 0 atom stereocenters. The number of esters is 1. The third-order valence-corrected chi connectivity index (χ3v) is 5.02. The van der Waals surface area contributed by atoms with E-state index >= 15 is 0 Å². The number of nitrogens with zero attached hydrogens (tertiary/aromatic N) is 1. The van der Waals surface area contributed by atoms with Gasteiger partial charge in [0, 0.05) is 9.13 Å².